The van der Waals surface area contributed by atoms with E-state index in [1.807, 2.05) is 25.1 Å². The van der Waals surface area contributed by atoms with Gasteiger partial charge in [0.1, 0.15) is 11.9 Å². The van der Waals surface area contributed by atoms with Gasteiger partial charge in [0.05, 0.1) is 12.2 Å². The summed E-state index contributed by atoms with van der Waals surface area (Å²) in [6.07, 6.45) is -1.40. The Hall–Kier alpha value is -1.06. The summed E-state index contributed by atoms with van der Waals surface area (Å²) in [4.78, 5) is 0. The van der Waals surface area contributed by atoms with Crippen molar-refractivity contribution in [2.24, 2.45) is 0 Å². The molecule has 1 rings (SSSR count). The average Bonchev–Trinajstić information content (AvgIpc) is 2.20. The van der Waals surface area contributed by atoms with Crippen LogP contribution in [0.4, 0.5) is 0 Å². The number of rotatable bonds is 4. The lowest BCUT2D eigenvalue weighted by atomic mass is 10.1. The van der Waals surface area contributed by atoms with Crippen LogP contribution in [0, 0.1) is 6.92 Å². The van der Waals surface area contributed by atoms with Gasteiger partial charge in [-0.25, -0.2) is 0 Å². The summed E-state index contributed by atoms with van der Waals surface area (Å²) in [5.74, 6) is 0.633. The molecule has 3 heteroatoms. The van der Waals surface area contributed by atoms with Crippen LogP contribution < -0.4 is 4.74 Å². The molecule has 0 amide bonds. The standard InChI is InChI=1S/C13H20O3/c1-8-5-6-13(12(7-8)10(3)15)16-11(4)9(2)14/h5-7,9-11,14-15H,1-4H3. The Kier molecular flexibility index (Phi) is 4.33. The molecule has 90 valence electrons. The minimum atomic E-state index is -0.573. The SMILES string of the molecule is Cc1ccc(OC(C)C(C)O)c(C(C)O)c1. The van der Waals surface area contributed by atoms with E-state index in [2.05, 4.69) is 0 Å². The van der Waals surface area contributed by atoms with Crippen molar-refractivity contribution < 1.29 is 14.9 Å². The predicted molar refractivity (Wildman–Crippen MR) is 63.6 cm³/mol. The van der Waals surface area contributed by atoms with E-state index in [0.717, 1.165) is 11.1 Å². The highest BCUT2D eigenvalue weighted by atomic mass is 16.5. The van der Waals surface area contributed by atoms with Crippen molar-refractivity contribution in [2.45, 2.75) is 46.0 Å². The van der Waals surface area contributed by atoms with E-state index >= 15 is 0 Å². The number of ether oxygens (including phenoxy) is 1. The monoisotopic (exact) mass is 224 g/mol. The van der Waals surface area contributed by atoms with Gasteiger partial charge < -0.3 is 14.9 Å². The van der Waals surface area contributed by atoms with Gasteiger partial charge >= 0.3 is 0 Å². The fraction of sp³-hybridized carbons (Fsp3) is 0.538. The molecule has 3 nitrogen and oxygen atoms in total. The van der Waals surface area contributed by atoms with Crippen molar-refractivity contribution in [3.05, 3.63) is 29.3 Å². The molecule has 0 spiro atoms. The second-order valence-corrected chi connectivity index (χ2v) is 4.28. The lowest BCUT2D eigenvalue weighted by molar-refractivity contribution is 0.0577. The third-order valence-corrected chi connectivity index (χ3v) is 2.61. The first-order valence-corrected chi connectivity index (χ1v) is 5.55. The maximum Gasteiger partial charge on any atom is 0.125 e. The molecule has 3 atom stereocenters. The van der Waals surface area contributed by atoms with Crippen molar-refractivity contribution >= 4 is 0 Å². The average molecular weight is 224 g/mol. The number of benzene rings is 1. The molecule has 0 fully saturated rings. The smallest absolute Gasteiger partial charge is 0.125 e. The van der Waals surface area contributed by atoms with E-state index in [1.165, 1.54) is 0 Å². The second-order valence-electron chi connectivity index (χ2n) is 4.28. The Morgan fingerprint density at radius 3 is 2.25 bits per heavy atom. The third kappa shape index (κ3) is 3.22. The van der Waals surface area contributed by atoms with Gasteiger partial charge in [0.25, 0.3) is 0 Å². The van der Waals surface area contributed by atoms with Crippen LogP contribution in [-0.2, 0) is 0 Å². The van der Waals surface area contributed by atoms with E-state index in [4.69, 9.17) is 4.74 Å². The van der Waals surface area contributed by atoms with Crippen LogP contribution in [0.15, 0.2) is 18.2 Å². The summed E-state index contributed by atoms with van der Waals surface area (Å²) in [7, 11) is 0. The molecule has 0 aromatic heterocycles. The molecule has 1 aromatic carbocycles. The summed E-state index contributed by atoms with van der Waals surface area (Å²) in [6, 6.07) is 5.65. The molecule has 1 aromatic rings. The summed E-state index contributed by atoms with van der Waals surface area (Å²) in [5, 5.41) is 19.0. The maximum atomic E-state index is 9.64. The third-order valence-electron chi connectivity index (χ3n) is 2.61. The predicted octanol–water partition coefficient (Wildman–Crippen LogP) is 2.20. The highest BCUT2D eigenvalue weighted by molar-refractivity contribution is 5.38. The lowest BCUT2D eigenvalue weighted by Gasteiger charge is -2.20. The molecule has 0 heterocycles. The van der Waals surface area contributed by atoms with Gasteiger partial charge in [-0.3, -0.25) is 0 Å². The van der Waals surface area contributed by atoms with E-state index in [9.17, 15) is 10.2 Å². The quantitative estimate of drug-likeness (QED) is 0.824. The fourth-order valence-corrected chi connectivity index (χ4v) is 1.40. The Labute approximate surface area is 96.7 Å². The van der Waals surface area contributed by atoms with Crippen molar-refractivity contribution in [1.29, 1.82) is 0 Å². The van der Waals surface area contributed by atoms with Crippen LogP contribution >= 0.6 is 0 Å². The van der Waals surface area contributed by atoms with Gasteiger partial charge in [-0.05, 0) is 39.8 Å². The first-order chi connectivity index (χ1) is 7.41. The van der Waals surface area contributed by atoms with Gasteiger partial charge in [-0.2, -0.15) is 0 Å². The number of hydrogen-bond acceptors (Lipinski definition) is 3. The van der Waals surface area contributed by atoms with E-state index in [1.54, 1.807) is 20.8 Å². The van der Waals surface area contributed by atoms with Crippen LogP contribution in [0.2, 0.25) is 0 Å². The Bertz CT molecular complexity index is 345. The molecule has 0 aliphatic rings. The number of aliphatic hydroxyl groups is 2. The van der Waals surface area contributed by atoms with Gasteiger partial charge in [-0.15, -0.1) is 0 Å². The number of aryl methyl sites for hydroxylation is 1. The number of hydrogen-bond donors (Lipinski definition) is 2. The fourth-order valence-electron chi connectivity index (χ4n) is 1.40. The van der Waals surface area contributed by atoms with Crippen LogP contribution in [0.3, 0.4) is 0 Å². The summed E-state index contributed by atoms with van der Waals surface area (Å²) >= 11 is 0. The van der Waals surface area contributed by atoms with Crippen molar-refractivity contribution in [2.75, 3.05) is 0 Å². The zero-order valence-corrected chi connectivity index (χ0v) is 10.3. The molecule has 0 aliphatic carbocycles. The molecule has 0 bridgehead atoms. The van der Waals surface area contributed by atoms with E-state index in [0.29, 0.717) is 5.75 Å². The van der Waals surface area contributed by atoms with Gasteiger partial charge in [0, 0.05) is 5.56 Å². The Morgan fingerprint density at radius 1 is 1.12 bits per heavy atom. The minimum absolute atomic E-state index is 0.291. The molecular formula is C13H20O3. The highest BCUT2D eigenvalue weighted by Crippen LogP contribution is 2.27. The first kappa shape index (κ1) is 13.0. The largest absolute Gasteiger partial charge is 0.488 e. The molecule has 2 N–H and O–H groups in total. The maximum absolute atomic E-state index is 9.64. The van der Waals surface area contributed by atoms with Crippen LogP contribution in [0.5, 0.6) is 5.75 Å². The molecule has 0 saturated carbocycles. The molecule has 3 unspecified atom stereocenters. The summed E-state index contributed by atoms with van der Waals surface area (Å²) < 4.78 is 5.61. The molecule has 16 heavy (non-hydrogen) atoms. The zero-order valence-electron chi connectivity index (χ0n) is 10.3. The normalized spacial score (nSPS) is 16.6. The van der Waals surface area contributed by atoms with Gasteiger partial charge in [-0.1, -0.05) is 11.6 Å². The first-order valence-electron chi connectivity index (χ1n) is 5.55. The molecule has 0 radical (unpaired) electrons. The number of aliphatic hydroxyl groups excluding tert-OH is 2. The van der Waals surface area contributed by atoms with Gasteiger partial charge in [0.15, 0.2) is 0 Å². The van der Waals surface area contributed by atoms with Crippen LogP contribution in [0.25, 0.3) is 0 Å². The van der Waals surface area contributed by atoms with Crippen molar-refractivity contribution in [3.63, 3.8) is 0 Å². The van der Waals surface area contributed by atoms with Gasteiger partial charge in [0.2, 0.25) is 0 Å². The topological polar surface area (TPSA) is 49.7 Å². The Balaban J connectivity index is 2.95. The van der Waals surface area contributed by atoms with Crippen molar-refractivity contribution in [1.82, 2.24) is 0 Å². The molecule has 0 saturated heterocycles. The van der Waals surface area contributed by atoms with Crippen LogP contribution in [0.1, 0.15) is 38.0 Å². The van der Waals surface area contributed by atoms with E-state index < -0.39 is 12.2 Å². The van der Waals surface area contributed by atoms with E-state index in [-0.39, 0.29) is 6.10 Å². The van der Waals surface area contributed by atoms with Crippen LogP contribution in [-0.4, -0.2) is 22.4 Å². The highest BCUT2D eigenvalue weighted by Gasteiger charge is 2.15. The Morgan fingerprint density at radius 2 is 1.75 bits per heavy atom. The summed E-state index contributed by atoms with van der Waals surface area (Å²) in [5.41, 5.74) is 1.83. The zero-order chi connectivity index (χ0) is 12.3. The second kappa shape index (κ2) is 5.32. The minimum Gasteiger partial charge on any atom is -0.488 e. The molecule has 0 aliphatic heterocycles. The summed E-state index contributed by atoms with van der Waals surface area (Å²) in [6.45, 7) is 7.15. The lowest BCUT2D eigenvalue weighted by Crippen LogP contribution is -2.26. The van der Waals surface area contributed by atoms with Crippen molar-refractivity contribution in [3.8, 4) is 5.75 Å². The molecular weight excluding hydrogens is 204 g/mol.